The van der Waals surface area contributed by atoms with Crippen LogP contribution >= 0.6 is 0 Å². The van der Waals surface area contributed by atoms with Gasteiger partial charge in [0.05, 0.1) is 0 Å². The molecule has 27 heavy (non-hydrogen) atoms. The van der Waals surface area contributed by atoms with Crippen molar-refractivity contribution in [1.82, 2.24) is 4.90 Å². The van der Waals surface area contributed by atoms with Gasteiger partial charge in [0, 0.05) is 48.8 Å². The zero-order valence-corrected chi connectivity index (χ0v) is 15.8. The van der Waals surface area contributed by atoms with Gasteiger partial charge in [-0.25, -0.2) is 0 Å². The molecule has 0 radical (unpaired) electrons. The molecule has 0 atom stereocenters. The van der Waals surface area contributed by atoms with Crippen LogP contribution in [0.4, 0.5) is 17.1 Å². The molecule has 0 spiro atoms. The fourth-order valence-electron chi connectivity index (χ4n) is 4.29. The van der Waals surface area contributed by atoms with Crippen molar-refractivity contribution in [2.75, 3.05) is 29.9 Å². The maximum absolute atomic E-state index is 12.5. The predicted octanol–water partition coefficient (Wildman–Crippen LogP) is 4.79. The Morgan fingerprint density at radius 1 is 0.926 bits per heavy atom. The molecule has 0 bridgehead atoms. The van der Waals surface area contributed by atoms with Crippen molar-refractivity contribution in [3.63, 3.8) is 0 Å². The maximum Gasteiger partial charge on any atom is 0.254 e. The fourth-order valence-corrected chi connectivity index (χ4v) is 4.29. The van der Waals surface area contributed by atoms with Crippen molar-refractivity contribution in [3.05, 3.63) is 53.6 Å². The molecule has 2 aliphatic heterocycles. The summed E-state index contributed by atoms with van der Waals surface area (Å²) in [6, 6.07) is 14.9. The Morgan fingerprint density at radius 3 is 2.41 bits per heavy atom. The molecule has 2 aromatic carbocycles. The quantitative estimate of drug-likeness (QED) is 0.832. The first-order chi connectivity index (χ1) is 13.3. The van der Waals surface area contributed by atoms with Gasteiger partial charge in [0.15, 0.2) is 0 Å². The first kappa shape index (κ1) is 16.7. The van der Waals surface area contributed by atoms with Crippen molar-refractivity contribution in [2.24, 2.45) is 5.92 Å². The number of benzene rings is 2. The van der Waals surface area contributed by atoms with Crippen LogP contribution in [-0.4, -0.2) is 30.4 Å². The molecule has 1 aliphatic carbocycles. The zero-order valence-electron chi connectivity index (χ0n) is 15.8. The summed E-state index contributed by atoms with van der Waals surface area (Å²) in [5, 5.41) is 3.50. The summed E-state index contributed by atoms with van der Waals surface area (Å²) in [6.45, 7) is 4.02. The molecule has 3 aliphatic rings. The number of hydrogen-bond donors (Lipinski definition) is 1. The lowest BCUT2D eigenvalue weighted by atomic mass is 10.1. The SMILES string of the molecule is O=C1c2ccc(Nc3ccc(N4CCCCC4)cc3)cc2CN1CC1CC1. The highest BCUT2D eigenvalue weighted by Gasteiger charge is 2.32. The highest BCUT2D eigenvalue weighted by atomic mass is 16.2. The van der Waals surface area contributed by atoms with Gasteiger partial charge < -0.3 is 15.1 Å². The third-order valence-electron chi connectivity index (χ3n) is 6.04. The van der Waals surface area contributed by atoms with Crippen LogP contribution < -0.4 is 10.2 Å². The van der Waals surface area contributed by atoms with Gasteiger partial charge in [-0.3, -0.25) is 4.79 Å². The molecule has 140 valence electrons. The monoisotopic (exact) mass is 361 g/mol. The predicted molar refractivity (Wildman–Crippen MR) is 110 cm³/mol. The van der Waals surface area contributed by atoms with Crippen LogP contribution in [0.1, 0.15) is 48.0 Å². The van der Waals surface area contributed by atoms with Gasteiger partial charge in [-0.2, -0.15) is 0 Å². The molecule has 1 amide bonds. The molecular formula is C23H27N3O. The van der Waals surface area contributed by atoms with E-state index in [0.717, 1.165) is 41.5 Å². The van der Waals surface area contributed by atoms with Gasteiger partial charge in [0.2, 0.25) is 0 Å². The summed E-state index contributed by atoms with van der Waals surface area (Å²) in [7, 11) is 0. The van der Waals surface area contributed by atoms with Gasteiger partial charge in [0.25, 0.3) is 5.91 Å². The summed E-state index contributed by atoms with van der Waals surface area (Å²) in [5.74, 6) is 0.939. The Hall–Kier alpha value is -2.49. The van der Waals surface area contributed by atoms with Crippen LogP contribution in [0.5, 0.6) is 0 Å². The van der Waals surface area contributed by atoms with E-state index < -0.39 is 0 Å². The summed E-state index contributed by atoms with van der Waals surface area (Å²) < 4.78 is 0. The van der Waals surface area contributed by atoms with Crippen molar-refractivity contribution in [2.45, 2.75) is 38.6 Å². The normalized spacial score (nSPS) is 19.3. The standard InChI is InChI=1S/C23H27N3O/c27-23-22-11-8-20(14-18(22)16-26(23)15-17-4-5-17)24-19-6-9-21(10-7-19)25-12-2-1-3-13-25/h6-11,14,17,24H,1-5,12-13,15-16H2. The van der Waals surface area contributed by atoms with Crippen LogP contribution in [-0.2, 0) is 6.54 Å². The summed E-state index contributed by atoms with van der Waals surface area (Å²) in [4.78, 5) is 17.0. The fraction of sp³-hybridized carbons (Fsp3) is 0.435. The van der Waals surface area contributed by atoms with Crippen molar-refractivity contribution in [1.29, 1.82) is 0 Å². The molecule has 2 fully saturated rings. The Morgan fingerprint density at radius 2 is 1.67 bits per heavy atom. The van der Waals surface area contributed by atoms with E-state index in [-0.39, 0.29) is 5.91 Å². The van der Waals surface area contributed by atoms with E-state index in [2.05, 4.69) is 40.5 Å². The van der Waals surface area contributed by atoms with Crippen LogP contribution in [0.2, 0.25) is 0 Å². The van der Waals surface area contributed by atoms with E-state index in [1.807, 2.05) is 17.0 Å². The zero-order chi connectivity index (χ0) is 18.2. The lowest BCUT2D eigenvalue weighted by Gasteiger charge is -2.28. The molecule has 2 heterocycles. The lowest BCUT2D eigenvalue weighted by molar-refractivity contribution is 0.0771. The number of anilines is 3. The average molecular weight is 361 g/mol. The third-order valence-corrected chi connectivity index (χ3v) is 6.04. The van der Waals surface area contributed by atoms with Gasteiger partial charge in [0.1, 0.15) is 0 Å². The van der Waals surface area contributed by atoms with E-state index in [4.69, 9.17) is 0 Å². The van der Waals surface area contributed by atoms with E-state index >= 15 is 0 Å². The molecule has 0 aromatic heterocycles. The molecule has 1 saturated heterocycles. The van der Waals surface area contributed by atoms with Crippen LogP contribution in [0.3, 0.4) is 0 Å². The molecular weight excluding hydrogens is 334 g/mol. The maximum atomic E-state index is 12.5. The number of nitrogens with zero attached hydrogens (tertiary/aromatic N) is 2. The van der Waals surface area contributed by atoms with E-state index in [0.29, 0.717) is 0 Å². The second-order valence-electron chi connectivity index (χ2n) is 8.22. The number of carbonyl (C=O) groups is 1. The topological polar surface area (TPSA) is 35.6 Å². The minimum Gasteiger partial charge on any atom is -0.372 e. The summed E-state index contributed by atoms with van der Waals surface area (Å²) in [6.07, 6.45) is 6.51. The molecule has 1 saturated carbocycles. The van der Waals surface area contributed by atoms with Gasteiger partial charge in [-0.1, -0.05) is 0 Å². The number of piperidine rings is 1. The Labute approximate surface area is 161 Å². The van der Waals surface area contributed by atoms with Gasteiger partial charge in [-0.15, -0.1) is 0 Å². The smallest absolute Gasteiger partial charge is 0.254 e. The molecule has 5 rings (SSSR count). The largest absolute Gasteiger partial charge is 0.372 e. The molecule has 0 unspecified atom stereocenters. The number of carbonyl (C=O) groups excluding carboxylic acids is 1. The van der Waals surface area contributed by atoms with Crippen molar-refractivity contribution < 1.29 is 4.79 Å². The van der Waals surface area contributed by atoms with E-state index in [1.54, 1.807) is 0 Å². The second kappa shape index (κ2) is 6.91. The Bertz CT molecular complexity index is 835. The Balaban J connectivity index is 1.27. The Kier molecular flexibility index (Phi) is 4.27. The summed E-state index contributed by atoms with van der Waals surface area (Å²) >= 11 is 0. The summed E-state index contributed by atoms with van der Waals surface area (Å²) in [5.41, 5.74) is 5.49. The van der Waals surface area contributed by atoms with Gasteiger partial charge in [-0.05, 0) is 86.1 Å². The van der Waals surface area contributed by atoms with E-state index in [9.17, 15) is 4.79 Å². The minimum absolute atomic E-state index is 0.203. The first-order valence-electron chi connectivity index (χ1n) is 10.3. The highest BCUT2D eigenvalue weighted by Crippen LogP contribution is 2.34. The van der Waals surface area contributed by atoms with Crippen LogP contribution in [0.25, 0.3) is 0 Å². The lowest BCUT2D eigenvalue weighted by Crippen LogP contribution is -2.29. The molecule has 2 aromatic rings. The number of fused-ring (bicyclic) bond motifs is 1. The number of nitrogens with one attached hydrogen (secondary N) is 1. The van der Waals surface area contributed by atoms with E-state index in [1.165, 1.54) is 50.9 Å². The van der Waals surface area contributed by atoms with Crippen molar-refractivity contribution in [3.8, 4) is 0 Å². The van der Waals surface area contributed by atoms with Crippen molar-refractivity contribution >= 4 is 23.0 Å². The minimum atomic E-state index is 0.203. The van der Waals surface area contributed by atoms with Crippen LogP contribution in [0.15, 0.2) is 42.5 Å². The highest BCUT2D eigenvalue weighted by molar-refractivity contribution is 5.99. The second-order valence-corrected chi connectivity index (χ2v) is 8.22. The van der Waals surface area contributed by atoms with Crippen LogP contribution in [0, 0.1) is 5.92 Å². The number of hydrogen-bond acceptors (Lipinski definition) is 3. The number of amides is 1. The average Bonchev–Trinajstić information content (AvgIpc) is 3.47. The first-order valence-corrected chi connectivity index (χ1v) is 10.3. The third kappa shape index (κ3) is 3.53. The molecule has 4 nitrogen and oxygen atoms in total. The number of rotatable bonds is 5. The molecule has 1 N–H and O–H groups in total. The van der Waals surface area contributed by atoms with Gasteiger partial charge >= 0.3 is 0 Å². The molecule has 4 heteroatoms.